The summed E-state index contributed by atoms with van der Waals surface area (Å²) in [5, 5.41) is 8.16. The highest BCUT2D eigenvalue weighted by Gasteiger charge is 2.27. The first kappa shape index (κ1) is 17.7. The van der Waals surface area contributed by atoms with Crippen molar-refractivity contribution < 1.29 is 0 Å². The first-order chi connectivity index (χ1) is 9.31. The molecule has 3 nitrogen and oxygen atoms in total. The van der Waals surface area contributed by atoms with Crippen LogP contribution in [0.5, 0.6) is 0 Å². The third-order valence-electron chi connectivity index (χ3n) is 4.17. The van der Waals surface area contributed by atoms with Crippen LogP contribution in [0.4, 0.5) is 0 Å². The Labute approximate surface area is 132 Å². The van der Waals surface area contributed by atoms with Gasteiger partial charge in [0.05, 0.1) is 22.4 Å². The van der Waals surface area contributed by atoms with E-state index in [2.05, 4.69) is 72.6 Å². The van der Waals surface area contributed by atoms with Gasteiger partial charge in [-0.1, -0.05) is 34.6 Å². The van der Waals surface area contributed by atoms with Gasteiger partial charge in [0.25, 0.3) is 0 Å². The highest BCUT2D eigenvalue weighted by atomic mass is 79.9. The molecule has 1 heterocycles. The van der Waals surface area contributed by atoms with Gasteiger partial charge in [0.2, 0.25) is 0 Å². The van der Waals surface area contributed by atoms with Crippen LogP contribution in [0.1, 0.15) is 66.1 Å². The molecule has 1 rings (SSSR count). The Morgan fingerprint density at radius 1 is 1.35 bits per heavy atom. The summed E-state index contributed by atoms with van der Waals surface area (Å²) in [7, 11) is 0. The second kappa shape index (κ2) is 7.60. The molecule has 2 atom stereocenters. The monoisotopic (exact) mass is 343 g/mol. The predicted octanol–water partition coefficient (Wildman–Crippen LogP) is 4.78. The van der Waals surface area contributed by atoms with Crippen molar-refractivity contribution in [3.8, 4) is 0 Å². The van der Waals surface area contributed by atoms with Crippen molar-refractivity contribution in [3.63, 3.8) is 0 Å². The maximum Gasteiger partial charge on any atom is 0.0695 e. The molecule has 0 saturated heterocycles. The summed E-state index contributed by atoms with van der Waals surface area (Å²) in [6.07, 6.45) is 4.20. The standard InChI is InChI=1S/C16H30BrN3/c1-7-9-18-14(10-12(3)16(4,5)6)15-13(17)11-19-20(15)8-2/h11-12,14,18H,7-10H2,1-6H3. The lowest BCUT2D eigenvalue weighted by Gasteiger charge is -2.31. The lowest BCUT2D eigenvalue weighted by molar-refractivity contribution is 0.219. The number of hydrogen-bond acceptors (Lipinski definition) is 2. The molecule has 0 aliphatic heterocycles. The lowest BCUT2D eigenvalue weighted by Crippen LogP contribution is -2.30. The van der Waals surface area contributed by atoms with Crippen molar-refractivity contribution in [1.82, 2.24) is 15.1 Å². The molecule has 4 heteroatoms. The van der Waals surface area contributed by atoms with Crippen LogP contribution in [-0.4, -0.2) is 16.3 Å². The Morgan fingerprint density at radius 3 is 2.50 bits per heavy atom. The van der Waals surface area contributed by atoms with Crippen molar-refractivity contribution in [3.05, 3.63) is 16.4 Å². The third kappa shape index (κ3) is 4.59. The molecule has 20 heavy (non-hydrogen) atoms. The first-order valence-electron chi connectivity index (χ1n) is 7.75. The van der Waals surface area contributed by atoms with Gasteiger partial charge in [0.1, 0.15) is 0 Å². The topological polar surface area (TPSA) is 29.9 Å². The molecule has 0 amide bonds. The molecular formula is C16H30BrN3. The molecule has 0 spiro atoms. The van der Waals surface area contributed by atoms with Crippen molar-refractivity contribution in [1.29, 1.82) is 0 Å². The van der Waals surface area contributed by atoms with Crippen LogP contribution in [0.25, 0.3) is 0 Å². The Bertz CT molecular complexity index is 406. The van der Waals surface area contributed by atoms with Crippen LogP contribution in [0.15, 0.2) is 10.7 Å². The normalized spacial score (nSPS) is 15.3. The summed E-state index contributed by atoms with van der Waals surface area (Å²) in [6, 6.07) is 0.362. The van der Waals surface area contributed by atoms with E-state index in [0.29, 0.717) is 17.4 Å². The summed E-state index contributed by atoms with van der Waals surface area (Å²) in [5.74, 6) is 0.643. The molecule has 0 bridgehead atoms. The summed E-state index contributed by atoms with van der Waals surface area (Å²) in [6.45, 7) is 15.6. The minimum Gasteiger partial charge on any atom is -0.309 e. The second-order valence-electron chi connectivity index (χ2n) is 6.70. The number of rotatable bonds is 7. The zero-order valence-corrected chi connectivity index (χ0v) is 15.4. The minimum atomic E-state index is 0.329. The van der Waals surface area contributed by atoms with Crippen LogP contribution in [0.2, 0.25) is 0 Å². The van der Waals surface area contributed by atoms with E-state index < -0.39 is 0 Å². The van der Waals surface area contributed by atoms with E-state index in [9.17, 15) is 0 Å². The van der Waals surface area contributed by atoms with Crippen LogP contribution < -0.4 is 5.32 Å². The van der Waals surface area contributed by atoms with Gasteiger partial charge in [0.15, 0.2) is 0 Å². The minimum absolute atomic E-state index is 0.329. The molecule has 1 N–H and O–H groups in total. The van der Waals surface area contributed by atoms with Gasteiger partial charge in [-0.25, -0.2) is 0 Å². The Morgan fingerprint density at radius 2 is 2.00 bits per heavy atom. The molecule has 116 valence electrons. The van der Waals surface area contributed by atoms with Crippen molar-refractivity contribution in [2.75, 3.05) is 6.54 Å². The van der Waals surface area contributed by atoms with E-state index >= 15 is 0 Å². The maximum atomic E-state index is 4.46. The molecule has 1 aromatic heterocycles. The number of hydrogen-bond donors (Lipinski definition) is 1. The van der Waals surface area contributed by atoms with Crippen LogP contribution in [0, 0.1) is 11.3 Å². The van der Waals surface area contributed by atoms with Crippen LogP contribution in [-0.2, 0) is 6.54 Å². The first-order valence-corrected chi connectivity index (χ1v) is 8.55. The van der Waals surface area contributed by atoms with Crippen molar-refractivity contribution >= 4 is 15.9 Å². The lowest BCUT2D eigenvalue weighted by atomic mass is 9.78. The van der Waals surface area contributed by atoms with Gasteiger partial charge in [0, 0.05) is 6.54 Å². The maximum absolute atomic E-state index is 4.46. The zero-order chi connectivity index (χ0) is 15.3. The van der Waals surface area contributed by atoms with E-state index in [1.54, 1.807) is 0 Å². The molecular weight excluding hydrogens is 314 g/mol. The highest BCUT2D eigenvalue weighted by Crippen LogP contribution is 2.35. The average molecular weight is 344 g/mol. The van der Waals surface area contributed by atoms with E-state index in [1.165, 1.54) is 5.69 Å². The Kier molecular flexibility index (Phi) is 6.73. The van der Waals surface area contributed by atoms with Crippen molar-refractivity contribution in [2.24, 2.45) is 11.3 Å². The number of aryl methyl sites for hydroxylation is 1. The fourth-order valence-corrected chi connectivity index (χ4v) is 2.86. The summed E-state index contributed by atoms with van der Waals surface area (Å²) in [4.78, 5) is 0. The highest BCUT2D eigenvalue weighted by molar-refractivity contribution is 9.10. The molecule has 0 radical (unpaired) electrons. The number of halogens is 1. The van der Waals surface area contributed by atoms with Gasteiger partial charge in [-0.3, -0.25) is 4.68 Å². The smallest absolute Gasteiger partial charge is 0.0695 e. The van der Waals surface area contributed by atoms with Gasteiger partial charge >= 0.3 is 0 Å². The second-order valence-corrected chi connectivity index (χ2v) is 7.56. The average Bonchev–Trinajstić information content (AvgIpc) is 2.74. The van der Waals surface area contributed by atoms with Crippen LogP contribution in [0.3, 0.4) is 0 Å². The molecule has 0 aromatic carbocycles. The van der Waals surface area contributed by atoms with Crippen molar-refractivity contribution in [2.45, 2.75) is 67.0 Å². The molecule has 0 aliphatic rings. The summed E-state index contributed by atoms with van der Waals surface area (Å²) < 4.78 is 3.22. The molecule has 0 aliphatic carbocycles. The predicted molar refractivity (Wildman–Crippen MR) is 89.9 cm³/mol. The number of nitrogens with zero attached hydrogens (tertiary/aromatic N) is 2. The van der Waals surface area contributed by atoms with E-state index in [1.807, 2.05) is 6.20 Å². The Hall–Kier alpha value is -0.350. The summed E-state index contributed by atoms with van der Waals surface area (Å²) >= 11 is 3.67. The number of aromatic nitrogens is 2. The van der Waals surface area contributed by atoms with Gasteiger partial charge in [-0.2, -0.15) is 5.10 Å². The fraction of sp³-hybridized carbons (Fsp3) is 0.812. The zero-order valence-electron chi connectivity index (χ0n) is 13.8. The third-order valence-corrected chi connectivity index (χ3v) is 4.78. The van der Waals surface area contributed by atoms with E-state index in [0.717, 1.165) is 30.4 Å². The fourth-order valence-electron chi connectivity index (χ4n) is 2.29. The van der Waals surface area contributed by atoms with E-state index in [-0.39, 0.29) is 0 Å². The van der Waals surface area contributed by atoms with Gasteiger partial charge in [-0.05, 0) is 53.6 Å². The largest absolute Gasteiger partial charge is 0.309 e. The molecule has 1 aromatic rings. The molecule has 0 fully saturated rings. The Balaban J connectivity index is 2.96. The molecule has 2 unspecified atom stereocenters. The SMILES string of the molecule is CCCNC(CC(C)C(C)(C)C)c1c(Br)cnn1CC. The van der Waals surface area contributed by atoms with E-state index in [4.69, 9.17) is 0 Å². The van der Waals surface area contributed by atoms with Crippen LogP contribution >= 0.6 is 15.9 Å². The van der Waals surface area contributed by atoms with Gasteiger partial charge < -0.3 is 5.32 Å². The quantitative estimate of drug-likeness (QED) is 0.771. The number of nitrogens with one attached hydrogen (secondary N) is 1. The summed E-state index contributed by atoms with van der Waals surface area (Å²) in [5.41, 5.74) is 1.62. The molecule has 0 saturated carbocycles. The van der Waals surface area contributed by atoms with Gasteiger partial charge in [-0.15, -0.1) is 0 Å².